The zero-order valence-electron chi connectivity index (χ0n) is 20.2. The molecule has 0 unspecified atom stereocenters. The van der Waals surface area contributed by atoms with Gasteiger partial charge in [0.15, 0.2) is 0 Å². The number of aromatic amines is 1. The minimum atomic E-state index is -0.286. The molecule has 35 heavy (non-hydrogen) atoms. The number of H-pyrrole nitrogens is 1. The molecule has 186 valence electrons. The van der Waals surface area contributed by atoms with Crippen molar-refractivity contribution in [3.05, 3.63) is 64.4 Å². The zero-order chi connectivity index (χ0) is 24.6. The highest BCUT2D eigenvalue weighted by molar-refractivity contribution is 5.91. The van der Waals surface area contributed by atoms with Gasteiger partial charge in [-0.05, 0) is 42.1 Å². The standard InChI is InChI=1S/C26H32N4O5/c1-33-21-9-8-19-16-20(25(31)27-23(19)17-21)18-30(11-5-10-29-12-14-35-15-13-29)26(32)28-22-6-3-4-7-24(22)34-2/h3-4,6-9,16-17H,5,10-15,18H2,1-2H3,(H,27,31)(H,28,32). The largest absolute Gasteiger partial charge is 0.497 e. The smallest absolute Gasteiger partial charge is 0.322 e. The third-order valence-electron chi connectivity index (χ3n) is 6.13. The maximum absolute atomic E-state index is 13.3. The molecule has 0 atom stereocenters. The molecule has 0 saturated carbocycles. The summed E-state index contributed by atoms with van der Waals surface area (Å²) in [6, 6.07) is 14.3. The number of aromatic nitrogens is 1. The molecule has 3 aromatic rings. The lowest BCUT2D eigenvalue weighted by molar-refractivity contribution is 0.0365. The summed E-state index contributed by atoms with van der Waals surface area (Å²) in [5, 5.41) is 3.82. The van der Waals surface area contributed by atoms with Crippen molar-refractivity contribution in [2.24, 2.45) is 0 Å². The van der Waals surface area contributed by atoms with E-state index < -0.39 is 0 Å². The number of methoxy groups -OCH3 is 2. The summed E-state index contributed by atoms with van der Waals surface area (Å²) in [4.78, 5) is 33.1. The predicted octanol–water partition coefficient (Wildman–Crippen LogP) is 3.30. The van der Waals surface area contributed by atoms with Crippen molar-refractivity contribution in [2.75, 3.05) is 58.9 Å². The Bertz CT molecular complexity index is 1210. The fraction of sp³-hybridized carbons (Fsp3) is 0.385. The van der Waals surface area contributed by atoms with E-state index >= 15 is 0 Å². The van der Waals surface area contributed by atoms with Gasteiger partial charge in [-0.1, -0.05) is 12.1 Å². The maximum atomic E-state index is 13.3. The number of benzene rings is 2. The van der Waals surface area contributed by atoms with Gasteiger partial charge in [0.1, 0.15) is 11.5 Å². The number of hydrogen-bond donors (Lipinski definition) is 2. The zero-order valence-corrected chi connectivity index (χ0v) is 20.2. The second-order valence-electron chi connectivity index (χ2n) is 8.44. The molecular formula is C26H32N4O5. The summed E-state index contributed by atoms with van der Waals surface area (Å²) in [6.07, 6.45) is 0.780. The molecule has 9 heteroatoms. The number of hydrogen-bond acceptors (Lipinski definition) is 6. The first-order valence-electron chi connectivity index (χ1n) is 11.8. The number of nitrogens with one attached hydrogen (secondary N) is 2. The van der Waals surface area contributed by atoms with Crippen LogP contribution in [0, 0.1) is 0 Å². The third-order valence-corrected chi connectivity index (χ3v) is 6.13. The molecule has 0 spiro atoms. The van der Waals surface area contributed by atoms with E-state index in [1.165, 1.54) is 0 Å². The number of nitrogens with zero attached hydrogens (tertiary/aromatic N) is 2. The molecule has 1 fully saturated rings. The van der Waals surface area contributed by atoms with Crippen molar-refractivity contribution >= 4 is 22.6 Å². The minimum absolute atomic E-state index is 0.182. The molecule has 2 aromatic carbocycles. The van der Waals surface area contributed by atoms with Gasteiger partial charge in [0, 0.05) is 37.8 Å². The van der Waals surface area contributed by atoms with Crippen LogP contribution < -0.4 is 20.3 Å². The van der Waals surface area contributed by atoms with Gasteiger partial charge < -0.3 is 29.4 Å². The topological polar surface area (TPSA) is 96.1 Å². The van der Waals surface area contributed by atoms with Crippen LogP contribution in [-0.4, -0.2) is 74.4 Å². The molecule has 1 aliphatic rings. The molecular weight excluding hydrogens is 448 g/mol. The number of fused-ring (bicyclic) bond motifs is 1. The van der Waals surface area contributed by atoms with E-state index in [9.17, 15) is 9.59 Å². The quantitative estimate of drug-likeness (QED) is 0.488. The van der Waals surface area contributed by atoms with Crippen LogP contribution >= 0.6 is 0 Å². The van der Waals surface area contributed by atoms with Crippen LogP contribution in [-0.2, 0) is 11.3 Å². The number of rotatable bonds is 9. The van der Waals surface area contributed by atoms with Crippen LogP contribution in [0.4, 0.5) is 10.5 Å². The van der Waals surface area contributed by atoms with E-state index in [2.05, 4.69) is 15.2 Å². The molecule has 0 bridgehead atoms. The summed E-state index contributed by atoms with van der Waals surface area (Å²) in [5.41, 5.74) is 1.56. The number of morpholine rings is 1. The summed E-state index contributed by atoms with van der Waals surface area (Å²) in [7, 11) is 3.15. The number of ether oxygens (including phenoxy) is 3. The van der Waals surface area contributed by atoms with E-state index in [0.717, 1.165) is 44.7 Å². The Kier molecular flexibility index (Phi) is 8.23. The van der Waals surface area contributed by atoms with Crippen molar-refractivity contribution in [3.8, 4) is 11.5 Å². The molecule has 0 aliphatic carbocycles. The van der Waals surface area contributed by atoms with E-state index in [1.807, 2.05) is 30.3 Å². The average Bonchev–Trinajstić information content (AvgIpc) is 2.89. The van der Waals surface area contributed by atoms with Crippen molar-refractivity contribution in [1.82, 2.24) is 14.8 Å². The lowest BCUT2D eigenvalue weighted by atomic mass is 10.1. The molecule has 2 amide bonds. The van der Waals surface area contributed by atoms with Crippen LogP contribution in [0.1, 0.15) is 12.0 Å². The van der Waals surface area contributed by atoms with Gasteiger partial charge in [-0.2, -0.15) is 0 Å². The fourth-order valence-corrected chi connectivity index (χ4v) is 4.18. The predicted molar refractivity (Wildman–Crippen MR) is 135 cm³/mol. The summed E-state index contributed by atoms with van der Waals surface area (Å²) < 4.78 is 16.0. The molecule has 1 aromatic heterocycles. The van der Waals surface area contributed by atoms with Crippen molar-refractivity contribution in [3.63, 3.8) is 0 Å². The summed E-state index contributed by atoms with van der Waals surface area (Å²) in [5.74, 6) is 1.24. The number of pyridine rings is 1. The highest BCUT2D eigenvalue weighted by Gasteiger charge is 2.19. The maximum Gasteiger partial charge on any atom is 0.322 e. The first-order chi connectivity index (χ1) is 17.1. The number of urea groups is 1. The Labute approximate surface area is 204 Å². The van der Waals surface area contributed by atoms with Crippen LogP contribution in [0.2, 0.25) is 0 Å². The Hall–Kier alpha value is -3.56. The van der Waals surface area contributed by atoms with Crippen LogP contribution in [0.15, 0.2) is 53.3 Å². The first kappa shape index (κ1) is 24.6. The molecule has 2 N–H and O–H groups in total. The molecule has 1 saturated heterocycles. The molecule has 0 radical (unpaired) electrons. The Balaban J connectivity index is 1.53. The molecule has 1 aliphatic heterocycles. The van der Waals surface area contributed by atoms with Crippen molar-refractivity contribution in [1.29, 1.82) is 0 Å². The normalized spacial score (nSPS) is 14.0. The Morgan fingerprint density at radius 1 is 1.11 bits per heavy atom. The van der Waals surface area contributed by atoms with Crippen LogP contribution in [0.3, 0.4) is 0 Å². The number of amides is 2. The molecule has 2 heterocycles. The second kappa shape index (κ2) is 11.7. The monoisotopic (exact) mass is 480 g/mol. The highest BCUT2D eigenvalue weighted by atomic mass is 16.5. The fourth-order valence-electron chi connectivity index (χ4n) is 4.18. The lowest BCUT2D eigenvalue weighted by Gasteiger charge is -2.28. The molecule has 4 rings (SSSR count). The Morgan fingerprint density at radius 2 is 1.91 bits per heavy atom. The van der Waals surface area contributed by atoms with Crippen LogP contribution in [0.25, 0.3) is 10.9 Å². The van der Waals surface area contributed by atoms with Gasteiger partial charge in [0.25, 0.3) is 5.56 Å². The lowest BCUT2D eigenvalue weighted by Crippen LogP contribution is -2.40. The van der Waals surface area contributed by atoms with E-state index in [4.69, 9.17) is 14.2 Å². The van der Waals surface area contributed by atoms with Crippen molar-refractivity contribution < 1.29 is 19.0 Å². The second-order valence-corrected chi connectivity index (χ2v) is 8.44. The highest BCUT2D eigenvalue weighted by Crippen LogP contribution is 2.24. The van der Waals surface area contributed by atoms with Gasteiger partial charge in [-0.25, -0.2) is 4.79 Å². The summed E-state index contributed by atoms with van der Waals surface area (Å²) in [6.45, 7) is 4.78. The average molecular weight is 481 g/mol. The molecule has 9 nitrogen and oxygen atoms in total. The first-order valence-corrected chi connectivity index (χ1v) is 11.8. The van der Waals surface area contributed by atoms with E-state index in [1.54, 1.807) is 37.3 Å². The van der Waals surface area contributed by atoms with Gasteiger partial charge in [-0.15, -0.1) is 0 Å². The van der Waals surface area contributed by atoms with Crippen molar-refractivity contribution in [2.45, 2.75) is 13.0 Å². The van der Waals surface area contributed by atoms with Gasteiger partial charge in [0.05, 0.1) is 45.2 Å². The third kappa shape index (κ3) is 6.32. The van der Waals surface area contributed by atoms with Crippen LogP contribution in [0.5, 0.6) is 11.5 Å². The van der Waals surface area contributed by atoms with Gasteiger partial charge >= 0.3 is 6.03 Å². The Morgan fingerprint density at radius 3 is 2.69 bits per heavy atom. The number of carbonyl (C=O) groups excluding carboxylic acids is 1. The van der Waals surface area contributed by atoms with E-state index in [0.29, 0.717) is 34.8 Å². The number of anilines is 1. The van der Waals surface area contributed by atoms with Gasteiger partial charge in [-0.3, -0.25) is 9.69 Å². The SMILES string of the molecule is COc1ccc2cc(CN(CCCN3CCOCC3)C(=O)Nc3ccccc3OC)c(=O)[nH]c2c1. The van der Waals surface area contributed by atoms with E-state index in [-0.39, 0.29) is 18.1 Å². The summed E-state index contributed by atoms with van der Waals surface area (Å²) >= 11 is 0. The number of para-hydroxylation sites is 2. The number of carbonyl (C=O) groups is 1. The minimum Gasteiger partial charge on any atom is -0.497 e. The van der Waals surface area contributed by atoms with Gasteiger partial charge in [0.2, 0.25) is 0 Å².